The summed E-state index contributed by atoms with van der Waals surface area (Å²) in [6, 6.07) is 6.08. The highest BCUT2D eigenvalue weighted by Crippen LogP contribution is 2.12. The van der Waals surface area contributed by atoms with Crippen LogP contribution in [0, 0.1) is 13.8 Å². The third-order valence-corrected chi connectivity index (χ3v) is 3.03. The van der Waals surface area contributed by atoms with Crippen LogP contribution in [-0.2, 0) is 0 Å². The summed E-state index contributed by atoms with van der Waals surface area (Å²) in [5, 5.41) is 12.8. The van der Waals surface area contributed by atoms with Gasteiger partial charge in [0.05, 0.1) is 5.69 Å². The molecule has 0 aliphatic rings. The number of aromatic nitrogens is 6. The fraction of sp³-hybridized carbons (Fsp3) is 0.143. The first-order valence-corrected chi connectivity index (χ1v) is 6.76. The van der Waals surface area contributed by atoms with Crippen LogP contribution < -0.4 is 10.9 Å². The normalized spacial score (nSPS) is 10.5. The maximum absolute atomic E-state index is 12.1. The summed E-state index contributed by atoms with van der Waals surface area (Å²) < 4.78 is 1.66. The Bertz CT molecular complexity index is 908. The average Bonchev–Trinajstić information content (AvgIpc) is 2.87. The number of hydrogen-bond donors (Lipinski definition) is 2. The predicted octanol–water partition coefficient (Wildman–Crippen LogP) is 0.615. The smallest absolute Gasteiger partial charge is 0.277 e. The fourth-order valence-electron chi connectivity index (χ4n) is 2.04. The van der Waals surface area contributed by atoms with Crippen LogP contribution in [0.2, 0.25) is 0 Å². The molecule has 0 radical (unpaired) electrons. The first-order valence-electron chi connectivity index (χ1n) is 6.76. The van der Waals surface area contributed by atoms with Crippen LogP contribution in [0.4, 0.5) is 5.82 Å². The first kappa shape index (κ1) is 14.6. The molecule has 3 rings (SSSR count). The number of H-pyrrole nitrogens is 1. The molecule has 2 N–H and O–H groups in total. The van der Waals surface area contributed by atoms with Gasteiger partial charge in [-0.05, 0) is 26.0 Å². The SMILES string of the molecule is Cc1cc(C)n(-c2cc(NC(=O)c3ccc(=O)[nH]n3)ncn2)n1. The van der Waals surface area contributed by atoms with Crippen molar-refractivity contribution < 1.29 is 4.79 Å². The first-order chi connectivity index (χ1) is 11.0. The van der Waals surface area contributed by atoms with Gasteiger partial charge in [-0.2, -0.15) is 10.2 Å². The van der Waals surface area contributed by atoms with Gasteiger partial charge in [-0.3, -0.25) is 9.59 Å². The molecule has 3 aromatic heterocycles. The molecule has 0 aliphatic carbocycles. The molecule has 0 atom stereocenters. The molecule has 3 aromatic rings. The van der Waals surface area contributed by atoms with Crippen LogP contribution in [0.3, 0.4) is 0 Å². The largest absolute Gasteiger partial charge is 0.305 e. The van der Waals surface area contributed by atoms with Gasteiger partial charge in [0.15, 0.2) is 5.82 Å². The number of aryl methyl sites for hydroxylation is 2. The summed E-state index contributed by atoms with van der Waals surface area (Å²) in [5.74, 6) is 0.357. The lowest BCUT2D eigenvalue weighted by Gasteiger charge is -2.06. The number of hydrogen-bond acceptors (Lipinski definition) is 6. The number of amides is 1. The van der Waals surface area contributed by atoms with E-state index in [-0.39, 0.29) is 11.3 Å². The van der Waals surface area contributed by atoms with E-state index in [0.717, 1.165) is 11.4 Å². The number of aromatic amines is 1. The second-order valence-electron chi connectivity index (χ2n) is 4.86. The van der Waals surface area contributed by atoms with Crippen molar-refractivity contribution in [2.75, 3.05) is 5.32 Å². The Hall–Kier alpha value is -3.36. The highest BCUT2D eigenvalue weighted by molar-refractivity contribution is 6.02. The molecule has 3 heterocycles. The van der Waals surface area contributed by atoms with Crippen LogP contribution in [0.25, 0.3) is 5.82 Å². The van der Waals surface area contributed by atoms with E-state index < -0.39 is 5.91 Å². The number of nitrogens with one attached hydrogen (secondary N) is 2. The molecule has 116 valence electrons. The Labute approximate surface area is 130 Å². The van der Waals surface area contributed by atoms with E-state index in [0.29, 0.717) is 11.6 Å². The Kier molecular flexibility index (Phi) is 3.67. The van der Waals surface area contributed by atoms with Crippen molar-refractivity contribution in [1.82, 2.24) is 29.9 Å². The summed E-state index contributed by atoms with van der Waals surface area (Å²) >= 11 is 0. The highest BCUT2D eigenvalue weighted by atomic mass is 16.2. The Balaban J connectivity index is 1.85. The molecule has 23 heavy (non-hydrogen) atoms. The Morgan fingerprint density at radius 3 is 2.70 bits per heavy atom. The molecule has 0 fully saturated rings. The maximum Gasteiger partial charge on any atom is 0.277 e. The summed E-state index contributed by atoms with van der Waals surface area (Å²) in [5.41, 5.74) is 1.48. The molecule has 0 aliphatic heterocycles. The molecule has 0 aromatic carbocycles. The lowest BCUT2D eigenvalue weighted by atomic mass is 10.3. The Morgan fingerprint density at radius 2 is 2.04 bits per heavy atom. The summed E-state index contributed by atoms with van der Waals surface area (Å²) in [6.45, 7) is 3.79. The van der Waals surface area contributed by atoms with Gasteiger partial charge in [0.25, 0.3) is 11.5 Å². The quantitative estimate of drug-likeness (QED) is 0.731. The van der Waals surface area contributed by atoms with Crippen molar-refractivity contribution in [3.8, 4) is 5.82 Å². The van der Waals surface area contributed by atoms with Gasteiger partial charge in [0.2, 0.25) is 0 Å². The van der Waals surface area contributed by atoms with E-state index in [2.05, 4.69) is 30.6 Å². The van der Waals surface area contributed by atoms with Crippen molar-refractivity contribution >= 4 is 11.7 Å². The molecule has 0 saturated carbocycles. The minimum absolute atomic E-state index is 0.0795. The lowest BCUT2D eigenvalue weighted by molar-refractivity contribution is 0.102. The second-order valence-corrected chi connectivity index (χ2v) is 4.86. The Morgan fingerprint density at radius 1 is 1.22 bits per heavy atom. The van der Waals surface area contributed by atoms with Gasteiger partial charge in [-0.1, -0.05) is 0 Å². The van der Waals surface area contributed by atoms with E-state index in [9.17, 15) is 9.59 Å². The molecule has 1 amide bonds. The molecular formula is C14H13N7O2. The highest BCUT2D eigenvalue weighted by Gasteiger charge is 2.11. The molecule has 0 bridgehead atoms. The monoisotopic (exact) mass is 311 g/mol. The van der Waals surface area contributed by atoms with Crippen LogP contribution in [0.15, 0.2) is 35.4 Å². The number of rotatable bonds is 3. The molecule has 0 saturated heterocycles. The lowest BCUT2D eigenvalue weighted by Crippen LogP contribution is -2.18. The zero-order valence-corrected chi connectivity index (χ0v) is 12.4. The number of nitrogens with zero attached hydrogens (tertiary/aromatic N) is 5. The van der Waals surface area contributed by atoms with Gasteiger partial charge in [0, 0.05) is 17.8 Å². The summed E-state index contributed by atoms with van der Waals surface area (Å²) in [7, 11) is 0. The predicted molar refractivity (Wildman–Crippen MR) is 81.4 cm³/mol. The van der Waals surface area contributed by atoms with Gasteiger partial charge < -0.3 is 5.32 Å². The molecule has 9 nitrogen and oxygen atoms in total. The zero-order valence-electron chi connectivity index (χ0n) is 12.4. The molecule has 9 heteroatoms. The standard InChI is InChI=1S/C14H13N7O2/c1-8-5-9(2)21(20-8)12-6-11(15-7-16-12)17-14(23)10-3-4-13(22)19-18-10/h3-7H,1-2H3,(H,19,22)(H,15,16,17,23). The zero-order chi connectivity index (χ0) is 16.4. The van der Waals surface area contributed by atoms with Crippen molar-refractivity contribution in [2.24, 2.45) is 0 Å². The van der Waals surface area contributed by atoms with Crippen LogP contribution in [0.5, 0.6) is 0 Å². The van der Waals surface area contributed by atoms with Gasteiger partial charge in [0.1, 0.15) is 17.8 Å². The minimum atomic E-state index is -0.487. The summed E-state index contributed by atoms with van der Waals surface area (Å²) in [4.78, 5) is 31.2. The van der Waals surface area contributed by atoms with E-state index >= 15 is 0 Å². The van der Waals surface area contributed by atoms with Crippen molar-refractivity contribution in [3.05, 3.63) is 58.0 Å². The molecule has 0 spiro atoms. The van der Waals surface area contributed by atoms with E-state index in [1.807, 2.05) is 19.9 Å². The molecular weight excluding hydrogens is 298 g/mol. The van der Waals surface area contributed by atoms with Crippen molar-refractivity contribution in [2.45, 2.75) is 13.8 Å². The van der Waals surface area contributed by atoms with E-state index in [1.165, 1.54) is 18.5 Å². The van der Waals surface area contributed by atoms with Gasteiger partial charge >= 0.3 is 0 Å². The summed E-state index contributed by atoms with van der Waals surface area (Å²) in [6.07, 6.45) is 1.34. The topological polar surface area (TPSA) is 118 Å². The number of anilines is 1. The van der Waals surface area contributed by atoms with Crippen molar-refractivity contribution in [3.63, 3.8) is 0 Å². The van der Waals surface area contributed by atoms with Crippen LogP contribution in [0.1, 0.15) is 21.9 Å². The van der Waals surface area contributed by atoms with Crippen LogP contribution >= 0.6 is 0 Å². The van der Waals surface area contributed by atoms with Crippen LogP contribution in [-0.4, -0.2) is 35.9 Å². The minimum Gasteiger partial charge on any atom is -0.305 e. The van der Waals surface area contributed by atoms with E-state index in [4.69, 9.17) is 0 Å². The number of carbonyl (C=O) groups is 1. The van der Waals surface area contributed by atoms with Gasteiger partial charge in [-0.25, -0.2) is 19.7 Å². The second kappa shape index (κ2) is 5.79. The third kappa shape index (κ3) is 3.12. The third-order valence-electron chi connectivity index (χ3n) is 3.03. The van der Waals surface area contributed by atoms with Gasteiger partial charge in [-0.15, -0.1) is 0 Å². The maximum atomic E-state index is 12.1. The number of carbonyl (C=O) groups excluding carboxylic acids is 1. The van der Waals surface area contributed by atoms with E-state index in [1.54, 1.807) is 10.7 Å². The molecule has 0 unspecified atom stereocenters. The average molecular weight is 311 g/mol. The fourth-order valence-corrected chi connectivity index (χ4v) is 2.04. The van der Waals surface area contributed by atoms with Crippen molar-refractivity contribution in [1.29, 1.82) is 0 Å².